The van der Waals surface area contributed by atoms with Gasteiger partial charge >= 0.3 is 0 Å². The van der Waals surface area contributed by atoms with E-state index < -0.39 is 0 Å². The molecular formula is C26H28N2. The molecule has 1 aliphatic heterocycles. The van der Waals surface area contributed by atoms with Gasteiger partial charge in [0.15, 0.2) is 0 Å². The van der Waals surface area contributed by atoms with Gasteiger partial charge in [-0.3, -0.25) is 0 Å². The maximum Gasteiger partial charge on any atom is 0.129 e. The molecule has 4 rings (SSSR count). The van der Waals surface area contributed by atoms with E-state index in [9.17, 15) is 0 Å². The highest BCUT2D eigenvalue weighted by Gasteiger charge is 2.25. The molecule has 1 aromatic carbocycles. The number of nitrogens with zero attached hydrogens (tertiary/aromatic N) is 1. The highest BCUT2D eigenvalue weighted by atomic mass is 15.0. The predicted molar refractivity (Wildman–Crippen MR) is 119 cm³/mol. The van der Waals surface area contributed by atoms with Crippen LogP contribution in [0.3, 0.4) is 0 Å². The second kappa shape index (κ2) is 8.02. The second-order valence-electron chi connectivity index (χ2n) is 7.73. The minimum Gasteiger partial charge on any atom is -0.369 e. The lowest BCUT2D eigenvalue weighted by molar-refractivity contribution is 0.889. The lowest BCUT2D eigenvalue weighted by atomic mass is 9.89. The molecular weight excluding hydrogens is 340 g/mol. The zero-order valence-corrected chi connectivity index (χ0v) is 16.7. The first kappa shape index (κ1) is 18.5. The fourth-order valence-electron chi connectivity index (χ4n) is 4.11. The summed E-state index contributed by atoms with van der Waals surface area (Å²) in [6, 6.07) is 11.3. The first-order valence-electron chi connectivity index (χ1n) is 10.2. The lowest BCUT2D eigenvalue weighted by Crippen LogP contribution is -2.04. The van der Waals surface area contributed by atoms with E-state index in [0.29, 0.717) is 5.92 Å². The number of hydrogen-bond acceptors (Lipinski definition) is 2. The van der Waals surface area contributed by atoms with Crippen LogP contribution in [0.15, 0.2) is 84.6 Å². The third-order valence-corrected chi connectivity index (χ3v) is 5.82. The monoisotopic (exact) mass is 368 g/mol. The molecule has 1 N–H and O–H groups in total. The van der Waals surface area contributed by atoms with Crippen molar-refractivity contribution in [2.75, 3.05) is 11.9 Å². The van der Waals surface area contributed by atoms with Crippen molar-refractivity contribution in [1.82, 2.24) is 4.98 Å². The third-order valence-electron chi connectivity index (χ3n) is 5.82. The van der Waals surface area contributed by atoms with Gasteiger partial charge in [0.2, 0.25) is 0 Å². The highest BCUT2D eigenvalue weighted by molar-refractivity contribution is 5.57. The Morgan fingerprint density at radius 1 is 1.25 bits per heavy atom. The predicted octanol–water partition coefficient (Wildman–Crippen LogP) is 6.13. The van der Waals surface area contributed by atoms with E-state index >= 15 is 0 Å². The number of aryl methyl sites for hydroxylation is 2. The maximum atomic E-state index is 4.60. The van der Waals surface area contributed by atoms with Crippen LogP contribution >= 0.6 is 0 Å². The van der Waals surface area contributed by atoms with Gasteiger partial charge in [0.05, 0.1) is 0 Å². The molecule has 2 aromatic rings. The number of allylic oxidation sites excluding steroid dienone is 6. The molecule has 1 aromatic heterocycles. The molecule has 2 aliphatic rings. The summed E-state index contributed by atoms with van der Waals surface area (Å²) in [5.74, 6) is 1.42. The van der Waals surface area contributed by atoms with Gasteiger partial charge in [-0.1, -0.05) is 62.6 Å². The number of benzene rings is 1. The fourth-order valence-corrected chi connectivity index (χ4v) is 4.11. The molecule has 0 radical (unpaired) electrons. The van der Waals surface area contributed by atoms with Gasteiger partial charge in [0.25, 0.3) is 0 Å². The van der Waals surface area contributed by atoms with Crippen molar-refractivity contribution < 1.29 is 0 Å². The quantitative estimate of drug-likeness (QED) is 0.663. The van der Waals surface area contributed by atoms with Crippen molar-refractivity contribution in [3.05, 3.63) is 107 Å². The normalized spacial score (nSPS) is 17.8. The fraction of sp³-hybridized carbons (Fsp3) is 0.269. The van der Waals surface area contributed by atoms with Crippen molar-refractivity contribution in [3.8, 4) is 0 Å². The molecule has 2 nitrogen and oxygen atoms in total. The summed E-state index contributed by atoms with van der Waals surface area (Å²) >= 11 is 0. The van der Waals surface area contributed by atoms with E-state index in [1.54, 1.807) is 0 Å². The van der Waals surface area contributed by atoms with Gasteiger partial charge < -0.3 is 5.32 Å². The van der Waals surface area contributed by atoms with Gasteiger partial charge in [-0.15, -0.1) is 0 Å². The van der Waals surface area contributed by atoms with Gasteiger partial charge in [-0.25, -0.2) is 4.98 Å². The summed E-state index contributed by atoms with van der Waals surface area (Å²) in [6.07, 6.45) is 12.3. The number of pyridine rings is 1. The average molecular weight is 369 g/mol. The summed E-state index contributed by atoms with van der Waals surface area (Å²) in [6.45, 7) is 11.6. The van der Waals surface area contributed by atoms with Gasteiger partial charge in [-0.05, 0) is 65.2 Å². The molecule has 0 fully saturated rings. The first-order chi connectivity index (χ1) is 13.7. The Labute approximate surface area is 168 Å². The number of anilines is 1. The largest absolute Gasteiger partial charge is 0.369 e. The smallest absolute Gasteiger partial charge is 0.129 e. The van der Waals surface area contributed by atoms with Gasteiger partial charge in [-0.2, -0.15) is 0 Å². The summed E-state index contributed by atoms with van der Waals surface area (Å²) < 4.78 is 0. The zero-order chi connectivity index (χ0) is 19.5. The second-order valence-corrected chi connectivity index (χ2v) is 7.73. The van der Waals surface area contributed by atoms with Crippen molar-refractivity contribution in [2.24, 2.45) is 0 Å². The van der Waals surface area contributed by atoms with E-state index in [0.717, 1.165) is 38.0 Å². The van der Waals surface area contributed by atoms with Crippen LogP contribution in [0.1, 0.15) is 47.9 Å². The van der Waals surface area contributed by atoms with E-state index in [-0.39, 0.29) is 0 Å². The Bertz CT molecular complexity index is 978. The molecule has 28 heavy (non-hydrogen) atoms. The van der Waals surface area contributed by atoms with E-state index in [2.05, 4.69) is 78.9 Å². The molecule has 2 heterocycles. The van der Waals surface area contributed by atoms with Crippen molar-refractivity contribution in [1.29, 1.82) is 0 Å². The maximum absolute atomic E-state index is 4.60. The third kappa shape index (κ3) is 3.73. The summed E-state index contributed by atoms with van der Waals surface area (Å²) in [5.41, 5.74) is 8.95. The Morgan fingerprint density at radius 2 is 2.14 bits per heavy atom. The summed E-state index contributed by atoms with van der Waals surface area (Å²) in [7, 11) is 0. The number of hydrogen-bond donors (Lipinski definition) is 1. The van der Waals surface area contributed by atoms with Crippen molar-refractivity contribution in [3.63, 3.8) is 0 Å². The van der Waals surface area contributed by atoms with Crippen LogP contribution in [-0.4, -0.2) is 11.5 Å². The van der Waals surface area contributed by atoms with E-state index in [1.165, 1.54) is 39.0 Å². The molecule has 1 atom stereocenters. The minimum absolute atomic E-state index is 0.378. The molecule has 0 amide bonds. The van der Waals surface area contributed by atoms with Crippen LogP contribution in [0.5, 0.6) is 0 Å². The number of nitrogens with one attached hydrogen (secondary N) is 1. The number of fused-ring (bicyclic) bond motifs is 1. The minimum atomic E-state index is 0.378. The number of aromatic nitrogens is 1. The van der Waals surface area contributed by atoms with Crippen LogP contribution in [0.2, 0.25) is 0 Å². The van der Waals surface area contributed by atoms with Crippen molar-refractivity contribution >= 4 is 5.82 Å². The first-order valence-corrected chi connectivity index (χ1v) is 10.2. The highest BCUT2D eigenvalue weighted by Crippen LogP contribution is 2.36. The average Bonchev–Trinajstić information content (AvgIpc) is 3.15. The van der Waals surface area contributed by atoms with E-state index in [4.69, 9.17) is 0 Å². The standard InChI is InChI=1S/C26H28N2/c1-4-20-15-24-25(17-28-26(24)27-16-20)22-10-7-9-21(14-22)13-12-19(3)23-11-6-5-8-18(23)2/h5-7,9-11,14-16,25H,2-4,8,12-13,17H2,1H3,(H,27,28). The van der Waals surface area contributed by atoms with E-state index in [1.807, 2.05) is 6.20 Å². The molecule has 0 spiro atoms. The molecule has 142 valence electrons. The Kier molecular flexibility index (Phi) is 5.29. The Balaban J connectivity index is 1.49. The topological polar surface area (TPSA) is 24.9 Å². The Morgan fingerprint density at radius 3 is 2.96 bits per heavy atom. The molecule has 1 aliphatic carbocycles. The zero-order valence-electron chi connectivity index (χ0n) is 16.7. The number of rotatable bonds is 6. The molecule has 0 saturated carbocycles. The van der Waals surface area contributed by atoms with Gasteiger partial charge in [0.1, 0.15) is 5.82 Å². The van der Waals surface area contributed by atoms with Gasteiger partial charge in [0, 0.05) is 24.2 Å². The van der Waals surface area contributed by atoms with Crippen LogP contribution in [-0.2, 0) is 12.8 Å². The van der Waals surface area contributed by atoms with Crippen molar-refractivity contribution in [2.45, 2.75) is 38.5 Å². The van der Waals surface area contributed by atoms with Crippen LogP contribution in [0.25, 0.3) is 0 Å². The molecule has 1 unspecified atom stereocenters. The molecule has 0 bridgehead atoms. The SMILES string of the molecule is C=C1CC=CC=C1C(=C)CCc1cccc(C2CNc3ncc(CC)cc32)c1. The Hall–Kier alpha value is -2.87. The molecule has 2 heteroatoms. The molecule has 0 saturated heterocycles. The summed E-state index contributed by atoms with van der Waals surface area (Å²) in [5, 5.41) is 3.47. The van der Waals surface area contributed by atoms with Crippen LogP contribution < -0.4 is 5.32 Å². The lowest BCUT2D eigenvalue weighted by Gasteiger charge is -2.16. The summed E-state index contributed by atoms with van der Waals surface area (Å²) in [4.78, 5) is 4.60. The van der Waals surface area contributed by atoms with Crippen LogP contribution in [0.4, 0.5) is 5.82 Å². The van der Waals surface area contributed by atoms with Crippen LogP contribution in [0, 0.1) is 0 Å².